The normalized spacial score (nSPS) is 20.8. The maximum Gasteiger partial charge on any atom is 0.225 e. The van der Waals surface area contributed by atoms with Crippen LogP contribution in [0.2, 0.25) is 0 Å². The Morgan fingerprint density at radius 3 is 2.68 bits per heavy atom. The van der Waals surface area contributed by atoms with Gasteiger partial charge in [0.1, 0.15) is 12.4 Å². The van der Waals surface area contributed by atoms with Gasteiger partial charge in [0.05, 0.1) is 13.2 Å². The van der Waals surface area contributed by atoms with E-state index in [4.69, 9.17) is 9.47 Å². The molecule has 1 aromatic carbocycles. The van der Waals surface area contributed by atoms with E-state index in [1.807, 2.05) is 4.90 Å². The van der Waals surface area contributed by atoms with E-state index in [1.54, 1.807) is 0 Å². The van der Waals surface area contributed by atoms with Gasteiger partial charge in [0, 0.05) is 25.6 Å². The molecule has 28 heavy (non-hydrogen) atoms. The lowest BCUT2D eigenvalue weighted by atomic mass is 9.74. The van der Waals surface area contributed by atoms with Crippen molar-refractivity contribution in [3.05, 3.63) is 28.3 Å². The molecule has 1 aliphatic carbocycles. The first-order valence-electron chi connectivity index (χ1n) is 10.6. The zero-order valence-corrected chi connectivity index (χ0v) is 18.2. The number of ether oxygens (including phenoxy) is 2. The summed E-state index contributed by atoms with van der Waals surface area (Å²) in [4.78, 5) is 17.1. The summed E-state index contributed by atoms with van der Waals surface area (Å²) in [6.45, 7) is 10.9. The van der Waals surface area contributed by atoms with E-state index < -0.39 is 0 Å². The summed E-state index contributed by atoms with van der Waals surface area (Å²) in [6, 6.07) is 2.20. The minimum atomic E-state index is 0.0595. The van der Waals surface area contributed by atoms with Gasteiger partial charge in [-0.05, 0) is 81.4 Å². The topological polar surface area (TPSA) is 42.0 Å². The van der Waals surface area contributed by atoms with Crippen molar-refractivity contribution in [3.63, 3.8) is 0 Å². The molecule has 2 aliphatic rings. The second kappa shape index (κ2) is 9.27. The summed E-state index contributed by atoms with van der Waals surface area (Å²) in [5.74, 6) is 1.76. The number of nitrogens with zero attached hydrogens (tertiary/aromatic N) is 2. The highest BCUT2D eigenvalue weighted by Crippen LogP contribution is 2.38. The Morgan fingerprint density at radius 2 is 2.00 bits per heavy atom. The number of aryl methyl sites for hydroxylation is 1. The first-order chi connectivity index (χ1) is 13.4. The van der Waals surface area contributed by atoms with Crippen molar-refractivity contribution in [1.82, 2.24) is 9.80 Å². The minimum Gasteiger partial charge on any atom is -0.492 e. The summed E-state index contributed by atoms with van der Waals surface area (Å²) in [6.07, 6.45) is 3.13. The van der Waals surface area contributed by atoms with Crippen LogP contribution in [-0.4, -0.2) is 69.3 Å². The number of morpholine rings is 1. The summed E-state index contributed by atoms with van der Waals surface area (Å²) in [7, 11) is 4.12. The van der Waals surface area contributed by atoms with Crippen LogP contribution in [0.15, 0.2) is 6.07 Å². The standard InChI is InChI=1S/C23H36N2O3/c1-16-14-22(28-13-8-24(4)5)18(3)21-15-19(6-7-20(16)21)17(2)23(26)25-9-11-27-12-10-25/h14,17,19H,6-13,15H2,1-5H3/t17-,19+/m0/s1. The highest BCUT2D eigenvalue weighted by molar-refractivity contribution is 5.79. The van der Waals surface area contributed by atoms with Crippen LogP contribution in [0.4, 0.5) is 0 Å². The Hall–Kier alpha value is -1.59. The molecule has 1 aromatic rings. The van der Waals surface area contributed by atoms with Gasteiger partial charge in [-0.3, -0.25) is 4.79 Å². The van der Waals surface area contributed by atoms with Crippen LogP contribution in [0, 0.1) is 25.7 Å². The highest BCUT2D eigenvalue weighted by Gasteiger charge is 2.32. The third-order valence-corrected chi connectivity index (χ3v) is 6.46. The second-order valence-electron chi connectivity index (χ2n) is 8.65. The van der Waals surface area contributed by atoms with Gasteiger partial charge in [-0.15, -0.1) is 0 Å². The SMILES string of the molecule is Cc1cc(OCCN(C)C)c(C)c2c1CC[C@@H]([C@H](C)C(=O)N1CCOCC1)C2. The van der Waals surface area contributed by atoms with Crippen LogP contribution in [-0.2, 0) is 22.4 Å². The van der Waals surface area contributed by atoms with Gasteiger partial charge in [0.25, 0.3) is 0 Å². The molecule has 0 bridgehead atoms. The van der Waals surface area contributed by atoms with E-state index in [9.17, 15) is 4.79 Å². The summed E-state index contributed by atoms with van der Waals surface area (Å²) in [5.41, 5.74) is 5.47. The molecule has 5 nitrogen and oxygen atoms in total. The monoisotopic (exact) mass is 388 g/mol. The van der Waals surface area contributed by atoms with Gasteiger partial charge in [-0.2, -0.15) is 0 Å². The zero-order chi connectivity index (χ0) is 20.3. The number of likely N-dealkylation sites (N-methyl/N-ethyl adjacent to an activating group) is 1. The fourth-order valence-corrected chi connectivity index (χ4v) is 4.51. The number of carbonyl (C=O) groups is 1. The molecule has 0 aromatic heterocycles. The van der Waals surface area contributed by atoms with Crippen LogP contribution in [0.5, 0.6) is 5.75 Å². The van der Waals surface area contributed by atoms with Crippen LogP contribution in [0.25, 0.3) is 0 Å². The first kappa shape index (κ1) is 21.1. The molecule has 1 saturated heterocycles. The lowest BCUT2D eigenvalue weighted by molar-refractivity contribution is -0.141. The maximum absolute atomic E-state index is 13.0. The molecule has 156 valence electrons. The number of rotatable bonds is 6. The van der Waals surface area contributed by atoms with Gasteiger partial charge in [-0.25, -0.2) is 0 Å². The molecule has 0 N–H and O–H groups in total. The number of hydrogen-bond acceptors (Lipinski definition) is 4. The lowest BCUT2D eigenvalue weighted by Gasteiger charge is -2.35. The maximum atomic E-state index is 13.0. The predicted molar refractivity (Wildman–Crippen MR) is 112 cm³/mol. The molecule has 0 spiro atoms. The van der Waals surface area contributed by atoms with Gasteiger partial charge >= 0.3 is 0 Å². The van der Waals surface area contributed by atoms with E-state index in [1.165, 1.54) is 22.3 Å². The Kier molecular flexibility index (Phi) is 7.00. The predicted octanol–water partition coefficient (Wildman–Crippen LogP) is 2.84. The van der Waals surface area contributed by atoms with Crippen molar-refractivity contribution in [1.29, 1.82) is 0 Å². The van der Waals surface area contributed by atoms with E-state index in [-0.39, 0.29) is 5.92 Å². The van der Waals surface area contributed by atoms with E-state index in [2.05, 4.69) is 45.8 Å². The van der Waals surface area contributed by atoms with Crippen LogP contribution in [0.1, 0.15) is 35.6 Å². The molecule has 1 fully saturated rings. The van der Waals surface area contributed by atoms with Gasteiger partial charge in [-0.1, -0.05) is 6.92 Å². The van der Waals surface area contributed by atoms with Crippen molar-refractivity contribution < 1.29 is 14.3 Å². The highest BCUT2D eigenvalue weighted by atomic mass is 16.5. The first-order valence-corrected chi connectivity index (χ1v) is 10.6. The smallest absolute Gasteiger partial charge is 0.225 e. The fraction of sp³-hybridized carbons (Fsp3) is 0.696. The molecule has 3 rings (SSSR count). The van der Waals surface area contributed by atoms with Gasteiger partial charge < -0.3 is 19.3 Å². The number of amides is 1. The van der Waals surface area contributed by atoms with Gasteiger partial charge in [0.2, 0.25) is 5.91 Å². The molecule has 0 radical (unpaired) electrons. The van der Waals surface area contributed by atoms with Crippen LogP contribution < -0.4 is 4.74 Å². The second-order valence-corrected chi connectivity index (χ2v) is 8.65. The van der Waals surface area contributed by atoms with Crippen LogP contribution >= 0.6 is 0 Å². The van der Waals surface area contributed by atoms with Crippen molar-refractivity contribution in [2.45, 2.75) is 40.0 Å². The fourth-order valence-electron chi connectivity index (χ4n) is 4.51. The molecule has 1 aliphatic heterocycles. The van der Waals surface area contributed by atoms with E-state index in [0.717, 1.165) is 44.6 Å². The molecule has 0 unspecified atom stereocenters. The number of benzene rings is 1. The minimum absolute atomic E-state index is 0.0595. The molecule has 5 heteroatoms. The summed E-state index contributed by atoms with van der Waals surface area (Å²) in [5, 5.41) is 0. The number of hydrogen-bond donors (Lipinski definition) is 0. The molecule has 1 amide bonds. The van der Waals surface area contributed by atoms with E-state index in [0.29, 0.717) is 31.6 Å². The zero-order valence-electron chi connectivity index (χ0n) is 18.2. The molecule has 0 saturated carbocycles. The average molecular weight is 389 g/mol. The number of fused-ring (bicyclic) bond motifs is 1. The van der Waals surface area contributed by atoms with E-state index >= 15 is 0 Å². The van der Waals surface area contributed by atoms with Crippen molar-refractivity contribution in [3.8, 4) is 5.75 Å². The molecular formula is C23H36N2O3. The Balaban J connectivity index is 1.73. The van der Waals surface area contributed by atoms with Crippen molar-refractivity contribution in [2.75, 3.05) is 53.6 Å². The van der Waals surface area contributed by atoms with Crippen molar-refractivity contribution in [2.24, 2.45) is 11.8 Å². The quantitative estimate of drug-likeness (QED) is 0.752. The summed E-state index contributed by atoms with van der Waals surface area (Å²) < 4.78 is 11.5. The molecule has 2 atom stereocenters. The third kappa shape index (κ3) is 4.69. The van der Waals surface area contributed by atoms with Gasteiger partial charge in [0.15, 0.2) is 0 Å². The average Bonchev–Trinajstić information content (AvgIpc) is 2.70. The van der Waals surface area contributed by atoms with Crippen LogP contribution in [0.3, 0.4) is 0 Å². The Labute approximate surface area is 170 Å². The number of carbonyl (C=O) groups excluding carboxylic acids is 1. The Morgan fingerprint density at radius 1 is 1.29 bits per heavy atom. The third-order valence-electron chi connectivity index (χ3n) is 6.46. The Bertz CT molecular complexity index is 696. The molecular weight excluding hydrogens is 352 g/mol. The molecule has 1 heterocycles. The lowest BCUT2D eigenvalue weighted by Crippen LogP contribution is -2.45. The summed E-state index contributed by atoms with van der Waals surface area (Å²) >= 11 is 0. The van der Waals surface area contributed by atoms with Crippen molar-refractivity contribution >= 4 is 5.91 Å². The largest absolute Gasteiger partial charge is 0.492 e.